The van der Waals surface area contributed by atoms with Crippen molar-refractivity contribution in [1.82, 2.24) is 0 Å². The van der Waals surface area contributed by atoms with Crippen LogP contribution < -0.4 is 0 Å². The zero-order chi connectivity index (χ0) is 15.4. The molecule has 3 rings (SSSR count). The number of carbonyl (C=O) groups excluding carboxylic acids is 1. The molecule has 0 amide bonds. The Morgan fingerprint density at radius 3 is 2.45 bits per heavy atom. The zero-order valence-corrected chi connectivity index (χ0v) is 12.2. The summed E-state index contributed by atoms with van der Waals surface area (Å²) in [5.74, 6) is 0.272. The molecule has 0 bridgehead atoms. The van der Waals surface area contributed by atoms with Crippen molar-refractivity contribution in [2.24, 2.45) is 0 Å². The minimum atomic E-state index is -0.414. The number of benzene rings is 2. The molecular formula is C19H16O3. The van der Waals surface area contributed by atoms with E-state index < -0.39 is 6.10 Å². The first kappa shape index (κ1) is 14.1. The summed E-state index contributed by atoms with van der Waals surface area (Å²) in [5.41, 5.74) is 2.58. The molecule has 1 heterocycles. The molecule has 1 atom stereocenters. The van der Waals surface area contributed by atoms with Gasteiger partial charge < -0.3 is 9.15 Å². The fraction of sp³-hybridized carbons (Fsp3) is 0.105. The van der Waals surface area contributed by atoms with E-state index in [0.717, 1.165) is 11.1 Å². The lowest BCUT2D eigenvalue weighted by Crippen LogP contribution is -2.08. The lowest BCUT2D eigenvalue weighted by molar-refractivity contribution is 0.0292. The minimum Gasteiger partial charge on any atom is -0.465 e. The Balaban J connectivity index is 1.79. The van der Waals surface area contributed by atoms with Gasteiger partial charge >= 0.3 is 5.97 Å². The highest BCUT2D eigenvalue weighted by Gasteiger charge is 2.16. The van der Waals surface area contributed by atoms with Gasteiger partial charge in [0.15, 0.2) is 6.10 Å². The summed E-state index contributed by atoms with van der Waals surface area (Å²) in [7, 11) is 0. The summed E-state index contributed by atoms with van der Waals surface area (Å²) in [6, 6.07) is 20.9. The molecule has 0 aliphatic rings. The monoisotopic (exact) mass is 292 g/mol. The molecule has 22 heavy (non-hydrogen) atoms. The highest BCUT2D eigenvalue weighted by atomic mass is 16.6. The molecule has 0 N–H and O–H groups in total. The second-order valence-electron chi connectivity index (χ2n) is 5.01. The van der Waals surface area contributed by atoms with Gasteiger partial charge in [-0.3, -0.25) is 0 Å². The van der Waals surface area contributed by atoms with Gasteiger partial charge in [0.25, 0.3) is 0 Å². The minimum absolute atomic E-state index is 0.360. The van der Waals surface area contributed by atoms with E-state index in [0.29, 0.717) is 11.3 Å². The average molecular weight is 292 g/mol. The second kappa shape index (κ2) is 6.31. The van der Waals surface area contributed by atoms with Crippen molar-refractivity contribution in [2.75, 3.05) is 0 Å². The Bertz CT molecular complexity index is 745. The SMILES string of the molecule is CC(OC(=O)c1cccc(-c2ccccc2)c1)c1ccco1. The first-order valence-electron chi connectivity index (χ1n) is 7.14. The van der Waals surface area contributed by atoms with Crippen LogP contribution in [0.15, 0.2) is 77.4 Å². The summed E-state index contributed by atoms with van der Waals surface area (Å²) in [6.45, 7) is 1.79. The number of esters is 1. The average Bonchev–Trinajstić information content (AvgIpc) is 3.10. The van der Waals surface area contributed by atoms with E-state index >= 15 is 0 Å². The Morgan fingerprint density at radius 1 is 0.955 bits per heavy atom. The van der Waals surface area contributed by atoms with Gasteiger partial charge in [0, 0.05) is 0 Å². The maximum absolute atomic E-state index is 12.3. The van der Waals surface area contributed by atoms with Gasteiger partial charge in [-0.05, 0) is 42.3 Å². The molecule has 1 aromatic heterocycles. The maximum atomic E-state index is 12.3. The van der Waals surface area contributed by atoms with Crippen molar-refractivity contribution in [2.45, 2.75) is 13.0 Å². The van der Waals surface area contributed by atoms with E-state index in [1.54, 1.807) is 31.4 Å². The molecule has 0 fully saturated rings. The van der Waals surface area contributed by atoms with E-state index in [2.05, 4.69) is 0 Å². The number of hydrogen-bond acceptors (Lipinski definition) is 3. The number of furan rings is 1. The largest absolute Gasteiger partial charge is 0.465 e. The fourth-order valence-corrected chi connectivity index (χ4v) is 2.27. The van der Waals surface area contributed by atoms with Crippen LogP contribution in [0, 0.1) is 0 Å². The van der Waals surface area contributed by atoms with E-state index in [1.165, 1.54) is 0 Å². The summed E-state index contributed by atoms with van der Waals surface area (Å²) < 4.78 is 10.7. The number of carbonyl (C=O) groups is 1. The molecule has 0 spiro atoms. The van der Waals surface area contributed by atoms with E-state index in [9.17, 15) is 4.79 Å². The van der Waals surface area contributed by atoms with Crippen LogP contribution in [0.25, 0.3) is 11.1 Å². The summed E-state index contributed by atoms with van der Waals surface area (Å²) in [6.07, 6.45) is 1.15. The Labute approximate surface area is 129 Å². The number of rotatable bonds is 4. The normalized spacial score (nSPS) is 11.9. The van der Waals surface area contributed by atoms with Crippen LogP contribution in [-0.2, 0) is 4.74 Å². The summed E-state index contributed by atoms with van der Waals surface area (Å²) in [4.78, 5) is 12.3. The molecular weight excluding hydrogens is 276 g/mol. The third-order valence-electron chi connectivity index (χ3n) is 3.43. The molecule has 2 aromatic carbocycles. The molecule has 0 aliphatic carbocycles. The zero-order valence-electron chi connectivity index (χ0n) is 12.2. The van der Waals surface area contributed by atoms with Crippen LogP contribution in [0.5, 0.6) is 0 Å². The van der Waals surface area contributed by atoms with Crippen molar-refractivity contribution in [3.63, 3.8) is 0 Å². The second-order valence-corrected chi connectivity index (χ2v) is 5.01. The van der Waals surface area contributed by atoms with Gasteiger partial charge in [0.2, 0.25) is 0 Å². The number of ether oxygens (including phenoxy) is 1. The Hall–Kier alpha value is -2.81. The molecule has 0 radical (unpaired) electrons. The highest BCUT2D eigenvalue weighted by molar-refractivity contribution is 5.91. The van der Waals surface area contributed by atoms with Crippen LogP contribution in [0.3, 0.4) is 0 Å². The number of hydrogen-bond donors (Lipinski definition) is 0. The van der Waals surface area contributed by atoms with Crippen molar-refractivity contribution in [3.8, 4) is 11.1 Å². The van der Waals surface area contributed by atoms with Crippen molar-refractivity contribution in [1.29, 1.82) is 0 Å². The van der Waals surface area contributed by atoms with E-state index in [-0.39, 0.29) is 5.97 Å². The van der Waals surface area contributed by atoms with Crippen LogP contribution in [0.2, 0.25) is 0 Å². The predicted octanol–water partition coefficient (Wildman–Crippen LogP) is 4.86. The van der Waals surface area contributed by atoms with Crippen molar-refractivity contribution >= 4 is 5.97 Å². The highest BCUT2D eigenvalue weighted by Crippen LogP contribution is 2.23. The summed E-state index contributed by atoms with van der Waals surface area (Å²) in [5, 5.41) is 0. The van der Waals surface area contributed by atoms with Gasteiger partial charge in [-0.2, -0.15) is 0 Å². The molecule has 110 valence electrons. The van der Waals surface area contributed by atoms with Crippen molar-refractivity contribution in [3.05, 3.63) is 84.3 Å². The molecule has 3 nitrogen and oxygen atoms in total. The lowest BCUT2D eigenvalue weighted by atomic mass is 10.0. The quantitative estimate of drug-likeness (QED) is 0.644. The van der Waals surface area contributed by atoms with Crippen LogP contribution >= 0.6 is 0 Å². The topological polar surface area (TPSA) is 39.4 Å². The van der Waals surface area contributed by atoms with Gasteiger partial charge in [0.05, 0.1) is 11.8 Å². The standard InChI is InChI=1S/C19H16O3/c1-14(18-11-6-12-21-18)22-19(20)17-10-5-9-16(13-17)15-7-3-2-4-8-15/h2-14H,1H3. The van der Waals surface area contributed by atoms with Gasteiger partial charge in [-0.15, -0.1) is 0 Å². The fourth-order valence-electron chi connectivity index (χ4n) is 2.27. The third kappa shape index (κ3) is 3.09. The molecule has 0 saturated carbocycles. The first-order chi connectivity index (χ1) is 10.7. The Morgan fingerprint density at radius 2 is 1.73 bits per heavy atom. The maximum Gasteiger partial charge on any atom is 0.338 e. The van der Waals surface area contributed by atoms with Gasteiger partial charge in [-0.25, -0.2) is 4.79 Å². The Kier molecular flexibility index (Phi) is 4.05. The predicted molar refractivity (Wildman–Crippen MR) is 84.4 cm³/mol. The van der Waals surface area contributed by atoms with Crippen molar-refractivity contribution < 1.29 is 13.9 Å². The first-order valence-corrected chi connectivity index (χ1v) is 7.14. The van der Waals surface area contributed by atoms with E-state index in [4.69, 9.17) is 9.15 Å². The van der Waals surface area contributed by atoms with Gasteiger partial charge in [0.1, 0.15) is 5.76 Å². The molecule has 1 unspecified atom stereocenters. The molecule has 3 heteroatoms. The molecule has 3 aromatic rings. The van der Waals surface area contributed by atoms with Gasteiger partial charge in [-0.1, -0.05) is 42.5 Å². The molecule has 0 aliphatic heterocycles. The van der Waals surface area contributed by atoms with Crippen LogP contribution in [-0.4, -0.2) is 5.97 Å². The lowest BCUT2D eigenvalue weighted by Gasteiger charge is -2.11. The van der Waals surface area contributed by atoms with Crippen LogP contribution in [0.4, 0.5) is 0 Å². The van der Waals surface area contributed by atoms with Crippen LogP contribution in [0.1, 0.15) is 29.1 Å². The molecule has 0 saturated heterocycles. The third-order valence-corrected chi connectivity index (χ3v) is 3.43. The van der Waals surface area contributed by atoms with E-state index in [1.807, 2.05) is 48.5 Å². The summed E-state index contributed by atoms with van der Waals surface area (Å²) >= 11 is 0. The smallest absolute Gasteiger partial charge is 0.338 e.